The molecule has 3 rings (SSSR count). The molecule has 0 N–H and O–H groups in total. The summed E-state index contributed by atoms with van der Waals surface area (Å²) in [5.41, 5.74) is 3.33. The highest BCUT2D eigenvalue weighted by Gasteiger charge is 2.30. The summed E-state index contributed by atoms with van der Waals surface area (Å²) in [6.45, 7) is 2.51. The average Bonchev–Trinajstić information content (AvgIpc) is 2.62. The molecule has 25 heavy (non-hydrogen) atoms. The fourth-order valence-corrected chi connectivity index (χ4v) is 4.11. The van der Waals surface area contributed by atoms with Crippen LogP contribution in [-0.4, -0.2) is 17.4 Å². The molecule has 0 saturated carbocycles. The van der Waals surface area contributed by atoms with Crippen LogP contribution in [0.3, 0.4) is 0 Å². The number of aliphatic imine (C=N–C) groups is 1. The lowest BCUT2D eigenvalue weighted by Crippen LogP contribution is -2.48. The Balaban J connectivity index is 2.05. The third-order valence-electron chi connectivity index (χ3n) is 4.54. The standard InChI is InChI=1S/C20H21BrN2OS/c1-2-22-20(25)18(19(24)16-9-5-6-10-17(16)21)23-12-11-14-7-3-4-8-15(14)13-23/h5-6,9-13,18H,2-4,7-8H2,1H3. The van der Waals surface area contributed by atoms with Gasteiger partial charge in [0.1, 0.15) is 0 Å². The van der Waals surface area contributed by atoms with Crippen molar-refractivity contribution >= 4 is 39.4 Å². The van der Waals surface area contributed by atoms with E-state index in [4.69, 9.17) is 12.6 Å². The van der Waals surface area contributed by atoms with Gasteiger partial charge in [-0.1, -0.05) is 28.1 Å². The Kier molecular flexibility index (Phi) is 5.97. The minimum Gasteiger partial charge on any atom is -0.758 e. The van der Waals surface area contributed by atoms with Crippen molar-refractivity contribution in [3.63, 3.8) is 0 Å². The molecular formula is C20H21BrN2OS. The van der Waals surface area contributed by atoms with Crippen LogP contribution >= 0.6 is 15.9 Å². The molecule has 130 valence electrons. The van der Waals surface area contributed by atoms with Crippen molar-refractivity contribution in [2.24, 2.45) is 4.99 Å². The van der Waals surface area contributed by atoms with Crippen LogP contribution in [0.1, 0.15) is 47.3 Å². The van der Waals surface area contributed by atoms with E-state index in [2.05, 4.69) is 33.2 Å². The molecule has 0 bridgehead atoms. The van der Waals surface area contributed by atoms with Crippen LogP contribution in [0, 0.1) is 0 Å². The number of aromatic nitrogens is 1. The van der Waals surface area contributed by atoms with Crippen molar-refractivity contribution < 1.29 is 9.36 Å². The first-order valence-electron chi connectivity index (χ1n) is 8.64. The molecule has 1 aliphatic carbocycles. The molecule has 1 aromatic carbocycles. The number of carbonyl (C=O) groups is 1. The maximum Gasteiger partial charge on any atom is 0.237 e. The fourth-order valence-electron chi connectivity index (χ4n) is 3.28. The summed E-state index contributed by atoms with van der Waals surface area (Å²) < 4.78 is 2.72. The topological polar surface area (TPSA) is 33.3 Å². The molecule has 0 saturated heterocycles. The Morgan fingerprint density at radius 2 is 1.96 bits per heavy atom. The average molecular weight is 417 g/mol. The highest BCUT2D eigenvalue weighted by atomic mass is 79.9. The van der Waals surface area contributed by atoms with E-state index in [0.29, 0.717) is 17.2 Å². The number of carbonyl (C=O) groups excluding carboxylic acids is 1. The van der Waals surface area contributed by atoms with Gasteiger partial charge in [-0.05, 0) is 55.3 Å². The number of pyridine rings is 1. The number of halogens is 1. The van der Waals surface area contributed by atoms with Gasteiger partial charge in [-0.15, -0.1) is 0 Å². The Hall–Kier alpha value is -1.59. The lowest BCUT2D eigenvalue weighted by molar-refractivity contribution is -0.692. The highest BCUT2D eigenvalue weighted by molar-refractivity contribution is 9.10. The summed E-state index contributed by atoms with van der Waals surface area (Å²) in [5, 5.41) is 0.434. The maximum absolute atomic E-state index is 13.3. The largest absolute Gasteiger partial charge is 0.758 e. The normalized spacial score (nSPS) is 15.5. The van der Waals surface area contributed by atoms with Crippen LogP contribution < -0.4 is 4.57 Å². The second kappa shape index (κ2) is 8.19. The summed E-state index contributed by atoms with van der Waals surface area (Å²) in [6.07, 6.45) is 8.67. The van der Waals surface area contributed by atoms with Gasteiger partial charge in [0.05, 0.1) is 0 Å². The minimum atomic E-state index is -0.583. The molecule has 0 radical (unpaired) electrons. The number of ketones is 1. The van der Waals surface area contributed by atoms with Gasteiger partial charge in [-0.3, -0.25) is 4.79 Å². The molecule has 1 heterocycles. The second-order valence-corrected chi connectivity index (χ2v) is 7.48. The van der Waals surface area contributed by atoms with E-state index in [1.165, 1.54) is 24.0 Å². The SMILES string of the molecule is CCN=C([S-])C(C(=O)c1ccccc1Br)[n+]1ccc2c(c1)CCCC2. The summed E-state index contributed by atoms with van der Waals surface area (Å²) in [7, 11) is 0. The quantitative estimate of drug-likeness (QED) is 0.242. The lowest BCUT2D eigenvalue weighted by Gasteiger charge is -2.21. The molecule has 1 unspecified atom stereocenters. The lowest BCUT2D eigenvalue weighted by atomic mass is 9.93. The Morgan fingerprint density at radius 1 is 1.24 bits per heavy atom. The van der Waals surface area contributed by atoms with Crippen LogP contribution in [0.25, 0.3) is 0 Å². The number of Topliss-reactive ketones (excluding diaryl/α,β-unsaturated/α-hetero) is 1. The van der Waals surface area contributed by atoms with Crippen LogP contribution in [0.5, 0.6) is 0 Å². The summed E-state index contributed by atoms with van der Waals surface area (Å²) in [4.78, 5) is 17.6. The van der Waals surface area contributed by atoms with Crippen LogP contribution in [0.2, 0.25) is 0 Å². The number of aryl methyl sites for hydroxylation is 2. The van der Waals surface area contributed by atoms with Gasteiger partial charge in [0.2, 0.25) is 11.8 Å². The smallest absolute Gasteiger partial charge is 0.237 e. The first-order valence-corrected chi connectivity index (χ1v) is 9.84. The first kappa shape index (κ1) is 18.2. The number of hydrogen-bond donors (Lipinski definition) is 0. The third-order valence-corrected chi connectivity index (χ3v) is 5.58. The molecule has 1 aromatic heterocycles. The Morgan fingerprint density at radius 3 is 2.68 bits per heavy atom. The third kappa shape index (κ3) is 3.98. The van der Waals surface area contributed by atoms with Crippen molar-refractivity contribution in [2.45, 2.75) is 38.6 Å². The molecule has 5 heteroatoms. The van der Waals surface area contributed by atoms with Crippen LogP contribution in [-0.2, 0) is 25.5 Å². The zero-order valence-corrected chi connectivity index (χ0v) is 16.6. The van der Waals surface area contributed by atoms with Gasteiger partial charge in [0, 0.05) is 28.2 Å². The number of hydrogen-bond acceptors (Lipinski definition) is 3. The van der Waals surface area contributed by atoms with E-state index in [0.717, 1.165) is 17.3 Å². The fraction of sp³-hybridized carbons (Fsp3) is 0.350. The van der Waals surface area contributed by atoms with Crippen molar-refractivity contribution in [1.82, 2.24) is 0 Å². The minimum absolute atomic E-state index is 0.0320. The summed E-state index contributed by atoms with van der Waals surface area (Å²) in [6, 6.07) is 9.02. The van der Waals surface area contributed by atoms with Crippen molar-refractivity contribution in [3.05, 3.63) is 63.9 Å². The predicted octanol–water partition coefficient (Wildman–Crippen LogP) is 4.00. The maximum atomic E-state index is 13.3. The van der Waals surface area contributed by atoms with E-state index in [-0.39, 0.29) is 5.78 Å². The zero-order chi connectivity index (χ0) is 17.8. The van der Waals surface area contributed by atoms with E-state index < -0.39 is 6.04 Å². The van der Waals surface area contributed by atoms with Gasteiger partial charge >= 0.3 is 0 Å². The number of rotatable bonds is 5. The van der Waals surface area contributed by atoms with E-state index in [9.17, 15) is 4.79 Å². The molecule has 2 aromatic rings. The highest BCUT2D eigenvalue weighted by Crippen LogP contribution is 2.23. The molecular weight excluding hydrogens is 396 g/mol. The Bertz CT molecular complexity index is 819. The predicted molar refractivity (Wildman–Crippen MR) is 106 cm³/mol. The van der Waals surface area contributed by atoms with Crippen molar-refractivity contribution in [3.8, 4) is 0 Å². The van der Waals surface area contributed by atoms with Crippen molar-refractivity contribution in [1.29, 1.82) is 0 Å². The van der Waals surface area contributed by atoms with E-state index in [1.54, 1.807) is 0 Å². The molecule has 0 fully saturated rings. The zero-order valence-electron chi connectivity index (χ0n) is 14.2. The molecule has 0 amide bonds. The van der Waals surface area contributed by atoms with Gasteiger partial charge in [-0.2, -0.15) is 4.57 Å². The van der Waals surface area contributed by atoms with Gasteiger partial charge < -0.3 is 17.6 Å². The second-order valence-electron chi connectivity index (χ2n) is 6.21. The van der Waals surface area contributed by atoms with E-state index in [1.807, 2.05) is 42.0 Å². The monoisotopic (exact) mass is 416 g/mol. The summed E-state index contributed by atoms with van der Waals surface area (Å²) >= 11 is 8.99. The van der Waals surface area contributed by atoms with Crippen LogP contribution in [0.15, 0.2) is 52.2 Å². The van der Waals surface area contributed by atoms with Crippen LogP contribution in [0.4, 0.5) is 0 Å². The molecule has 0 aliphatic heterocycles. The number of fused-ring (bicyclic) bond motifs is 1. The first-order chi connectivity index (χ1) is 12.1. The van der Waals surface area contributed by atoms with Gasteiger partial charge in [-0.25, -0.2) is 0 Å². The molecule has 0 spiro atoms. The van der Waals surface area contributed by atoms with Gasteiger partial charge in [0.15, 0.2) is 12.4 Å². The van der Waals surface area contributed by atoms with E-state index >= 15 is 0 Å². The van der Waals surface area contributed by atoms with Crippen molar-refractivity contribution in [2.75, 3.05) is 6.54 Å². The number of nitrogens with zero attached hydrogens (tertiary/aromatic N) is 2. The Labute approximate surface area is 162 Å². The molecule has 1 atom stereocenters. The number of benzene rings is 1. The van der Waals surface area contributed by atoms with Gasteiger partial charge in [0.25, 0.3) is 0 Å². The summed E-state index contributed by atoms with van der Waals surface area (Å²) in [5.74, 6) is -0.0320. The molecule has 1 aliphatic rings. The molecule has 3 nitrogen and oxygen atoms in total.